The van der Waals surface area contributed by atoms with Crippen molar-refractivity contribution in [2.24, 2.45) is 0 Å². The van der Waals surface area contributed by atoms with Crippen LogP contribution in [0.15, 0.2) is 42.7 Å². The second kappa shape index (κ2) is 8.61. The van der Waals surface area contributed by atoms with E-state index < -0.39 is 0 Å². The van der Waals surface area contributed by atoms with E-state index >= 15 is 0 Å². The lowest BCUT2D eigenvalue weighted by Crippen LogP contribution is -2.42. The summed E-state index contributed by atoms with van der Waals surface area (Å²) < 4.78 is 7.26. The van der Waals surface area contributed by atoms with E-state index in [-0.39, 0.29) is 24.4 Å². The zero-order valence-electron chi connectivity index (χ0n) is 15.8. The Morgan fingerprint density at radius 3 is 2.72 bits per heavy atom. The highest BCUT2D eigenvalue weighted by molar-refractivity contribution is 6.42. The normalized spacial score (nSPS) is 15.7. The van der Waals surface area contributed by atoms with Crippen LogP contribution in [0.5, 0.6) is 5.88 Å². The van der Waals surface area contributed by atoms with Gasteiger partial charge in [-0.2, -0.15) is 5.10 Å². The summed E-state index contributed by atoms with van der Waals surface area (Å²) in [5, 5.41) is 5.32. The van der Waals surface area contributed by atoms with E-state index in [2.05, 4.69) is 10.1 Å². The van der Waals surface area contributed by atoms with Gasteiger partial charge in [0.25, 0.3) is 5.91 Å². The monoisotopic (exact) mass is 452 g/mol. The largest absolute Gasteiger partial charge is 0.478 e. The highest BCUT2D eigenvalue weighted by Crippen LogP contribution is 2.35. The number of hydrogen-bond donors (Lipinski definition) is 0. The van der Waals surface area contributed by atoms with Crippen LogP contribution in [0.2, 0.25) is 10.0 Å². The molecule has 0 unspecified atom stereocenters. The molecular formula is C20H19Cl3N4O2. The molecule has 4 rings (SSSR count). The maximum absolute atomic E-state index is 13.4. The quantitative estimate of drug-likeness (QED) is 0.538. The Kier molecular flexibility index (Phi) is 6.36. The van der Waals surface area contributed by atoms with Crippen LogP contribution in [0.25, 0.3) is 11.1 Å². The summed E-state index contributed by atoms with van der Waals surface area (Å²) in [4.78, 5) is 19.3. The van der Waals surface area contributed by atoms with Gasteiger partial charge in [-0.1, -0.05) is 23.2 Å². The number of carbonyl (C=O) groups excluding carboxylic acids is 1. The number of carbonyl (C=O) groups is 1. The first kappa shape index (κ1) is 21.4. The fourth-order valence-electron chi connectivity index (χ4n) is 3.35. The van der Waals surface area contributed by atoms with E-state index in [9.17, 15) is 4.79 Å². The maximum atomic E-state index is 13.4. The Labute approximate surface area is 184 Å². The Balaban J connectivity index is 0.00000240. The third-order valence-corrected chi connectivity index (χ3v) is 5.40. The molecule has 0 aliphatic carbocycles. The molecule has 0 spiro atoms. The molecule has 3 aromatic rings. The van der Waals surface area contributed by atoms with Gasteiger partial charge in [0.15, 0.2) is 0 Å². The van der Waals surface area contributed by atoms with Gasteiger partial charge in [-0.25, -0.2) is 4.98 Å². The van der Waals surface area contributed by atoms with Crippen LogP contribution in [0.4, 0.5) is 5.69 Å². The summed E-state index contributed by atoms with van der Waals surface area (Å²) in [5.74, 6) is 0.372. The molecule has 6 nitrogen and oxygen atoms in total. The first-order valence-electron chi connectivity index (χ1n) is 8.93. The van der Waals surface area contributed by atoms with Gasteiger partial charge in [0, 0.05) is 30.1 Å². The van der Waals surface area contributed by atoms with Crippen molar-refractivity contribution >= 4 is 47.2 Å². The van der Waals surface area contributed by atoms with E-state index in [1.54, 1.807) is 40.2 Å². The van der Waals surface area contributed by atoms with Crippen LogP contribution in [0, 0.1) is 0 Å². The van der Waals surface area contributed by atoms with Crippen molar-refractivity contribution in [2.75, 3.05) is 18.1 Å². The van der Waals surface area contributed by atoms with Crippen molar-refractivity contribution in [2.45, 2.75) is 19.9 Å². The molecule has 0 saturated carbocycles. The zero-order chi connectivity index (χ0) is 19.8. The van der Waals surface area contributed by atoms with E-state index in [4.69, 9.17) is 27.9 Å². The summed E-state index contributed by atoms with van der Waals surface area (Å²) in [5.41, 5.74) is 2.80. The van der Waals surface area contributed by atoms with Crippen LogP contribution in [0.1, 0.15) is 30.4 Å². The molecule has 1 amide bonds. The highest BCUT2D eigenvalue weighted by Gasteiger charge is 2.34. The minimum Gasteiger partial charge on any atom is -0.478 e. The van der Waals surface area contributed by atoms with Crippen molar-refractivity contribution < 1.29 is 9.53 Å². The minimum absolute atomic E-state index is 0. The zero-order valence-corrected chi connectivity index (χ0v) is 18.1. The van der Waals surface area contributed by atoms with Crippen molar-refractivity contribution in [1.82, 2.24) is 14.8 Å². The standard InChI is InChI=1S/C20H18Cl2N4O2.ClH/c1-3-28-18-8-13(6-7-23-18)15-10-24-26-12(2)11-25(20(27)19(15)26)14-4-5-16(21)17(22)9-14;/h4-10,12H,3,11H2,1-2H3;1H/t12-;/m0./s1. The molecule has 3 heterocycles. The lowest BCUT2D eigenvalue weighted by atomic mass is 10.0. The van der Waals surface area contributed by atoms with E-state index in [0.717, 1.165) is 11.1 Å². The average Bonchev–Trinajstić information content (AvgIpc) is 3.14. The van der Waals surface area contributed by atoms with E-state index in [0.29, 0.717) is 40.5 Å². The molecule has 29 heavy (non-hydrogen) atoms. The summed E-state index contributed by atoms with van der Waals surface area (Å²) in [6.45, 7) is 4.93. The van der Waals surface area contributed by atoms with Gasteiger partial charge in [0.05, 0.1) is 28.9 Å². The van der Waals surface area contributed by atoms with Gasteiger partial charge < -0.3 is 9.64 Å². The molecule has 152 valence electrons. The Hall–Kier alpha value is -2.28. The number of ether oxygens (including phenoxy) is 1. The Morgan fingerprint density at radius 2 is 2.00 bits per heavy atom. The van der Waals surface area contributed by atoms with Crippen molar-refractivity contribution in [1.29, 1.82) is 0 Å². The molecule has 0 bridgehead atoms. The van der Waals surface area contributed by atoms with Crippen LogP contribution >= 0.6 is 35.6 Å². The minimum atomic E-state index is -0.140. The number of pyridine rings is 1. The van der Waals surface area contributed by atoms with Crippen LogP contribution in [-0.4, -0.2) is 33.8 Å². The topological polar surface area (TPSA) is 60.3 Å². The molecule has 1 aromatic carbocycles. The van der Waals surface area contributed by atoms with Crippen molar-refractivity contribution in [3.8, 4) is 17.0 Å². The maximum Gasteiger partial charge on any atom is 0.277 e. The van der Waals surface area contributed by atoms with Crippen LogP contribution in [-0.2, 0) is 0 Å². The van der Waals surface area contributed by atoms with Gasteiger partial charge in [-0.05, 0) is 43.7 Å². The first-order chi connectivity index (χ1) is 13.5. The summed E-state index contributed by atoms with van der Waals surface area (Å²) in [6, 6.07) is 8.86. The van der Waals surface area contributed by atoms with Gasteiger partial charge >= 0.3 is 0 Å². The third-order valence-electron chi connectivity index (χ3n) is 4.66. The fourth-order valence-corrected chi connectivity index (χ4v) is 3.64. The predicted molar refractivity (Wildman–Crippen MR) is 117 cm³/mol. The summed E-state index contributed by atoms with van der Waals surface area (Å²) in [6.07, 6.45) is 3.38. The number of rotatable bonds is 4. The molecule has 0 fully saturated rings. The number of amides is 1. The summed E-state index contributed by atoms with van der Waals surface area (Å²) in [7, 11) is 0. The number of aromatic nitrogens is 3. The van der Waals surface area contributed by atoms with Crippen LogP contribution < -0.4 is 9.64 Å². The molecular weight excluding hydrogens is 435 g/mol. The molecule has 9 heteroatoms. The number of nitrogens with zero attached hydrogens (tertiary/aromatic N) is 4. The first-order valence-corrected chi connectivity index (χ1v) is 9.68. The third kappa shape index (κ3) is 3.92. The second-order valence-corrected chi connectivity index (χ2v) is 7.34. The second-order valence-electron chi connectivity index (χ2n) is 6.53. The molecule has 0 radical (unpaired) electrons. The van der Waals surface area contributed by atoms with E-state index in [1.807, 2.05) is 26.0 Å². The SMILES string of the molecule is CCOc1cc(-c2cnn3c2C(=O)N(c2ccc(Cl)c(Cl)c2)C[C@@H]3C)ccn1.Cl. The summed E-state index contributed by atoms with van der Waals surface area (Å²) >= 11 is 12.2. The number of fused-ring (bicyclic) bond motifs is 1. The van der Waals surface area contributed by atoms with Gasteiger partial charge in [0.1, 0.15) is 5.69 Å². The predicted octanol–water partition coefficient (Wildman–Crippen LogP) is 5.29. The molecule has 1 atom stereocenters. The van der Waals surface area contributed by atoms with E-state index in [1.165, 1.54) is 0 Å². The Morgan fingerprint density at radius 1 is 1.21 bits per heavy atom. The fraction of sp³-hybridized carbons (Fsp3) is 0.250. The molecule has 1 aliphatic heterocycles. The molecule has 2 aromatic heterocycles. The number of halogens is 3. The lowest BCUT2D eigenvalue weighted by molar-refractivity contribution is 0.0954. The van der Waals surface area contributed by atoms with Crippen molar-refractivity contribution in [3.05, 3.63) is 58.5 Å². The van der Waals surface area contributed by atoms with Gasteiger partial charge in [-0.3, -0.25) is 9.48 Å². The average molecular weight is 454 g/mol. The number of anilines is 1. The molecule has 1 aliphatic rings. The van der Waals surface area contributed by atoms with Crippen molar-refractivity contribution in [3.63, 3.8) is 0 Å². The Bertz CT molecular complexity index is 1050. The lowest BCUT2D eigenvalue weighted by Gasteiger charge is -2.32. The number of hydrogen-bond acceptors (Lipinski definition) is 4. The van der Waals surface area contributed by atoms with Gasteiger partial charge in [0.2, 0.25) is 5.88 Å². The molecule has 0 saturated heterocycles. The number of benzene rings is 1. The van der Waals surface area contributed by atoms with Crippen LogP contribution in [0.3, 0.4) is 0 Å². The highest BCUT2D eigenvalue weighted by atomic mass is 35.5. The molecule has 0 N–H and O–H groups in total. The smallest absolute Gasteiger partial charge is 0.277 e. The van der Waals surface area contributed by atoms with Gasteiger partial charge in [-0.15, -0.1) is 12.4 Å².